The van der Waals surface area contributed by atoms with Crippen LogP contribution >= 0.6 is 11.5 Å². The zero-order valence-corrected chi connectivity index (χ0v) is 11.1. The summed E-state index contributed by atoms with van der Waals surface area (Å²) in [5.41, 5.74) is 7.61. The molecule has 2 N–H and O–H groups in total. The van der Waals surface area contributed by atoms with E-state index in [9.17, 15) is 0 Å². The van der Waals surface area contributed by atoms with Gasteiger partial charge in [0, 0.05) is 24.1 Å². The van der Waals surface area contributed by atoms with E-state index in [0.29, 0.717) is 19.8 Å². The normalized spacial score (nSPS) is 10.6. The molecule has 0 radical (unpaired) electrons. The Hall–Kier alpha value is -1.43. The van der Waals surface area contributed by atoms with E-state index in [4.69, 9.17) is 15.2 Å². The molecule has 18 heavy (non-hydrogen) atoms. The minimum absolute atomic E-state index is 0.538. The number of ether oxygens (including phenoxy) is 2. The van der Waals surface area contributed by atoms with E-state index in [1.807, 2.05) is 30.3 Å². The second-order valence-corrected chi connectivity index (χ2v) is 4.64. The van der Waals surface area contributed by atoms with E-state index in [0.717, 1.165) is 21.9 Å². The lowest BCUT2D eigenvalue weighted by Crippen LogP contribution is -2.03. The van der Waals surface area contributed by atoms with Crippen molar-refractivity contribution in [2.24, 2.45) is 5.73 Å². The number of nitrogens with two attached hydrogens (primary N) is 1. The van der Waals surface area contributed by atoms with Crippen LogP contribution in [0, 0.1) is 0 Å². The van der Waals surface area contributed by atoms with Crippen molar-refractivity contribution >= 4 is 11.5 Å². The molecule has 2 rings (SSSR count). The Labute approximate surface area is 111 Å². The van der Waals surface area contributed by atoms with Gasteiger partial charge >= 0.3 is 0 Å². The molecule has 1 aromatic heterocycles. The summed E-state index contributed by atoms with van der Waals surface area (Å²) in [6, 6.07) is 9.89. The van der Waals surface area contributed by atoms with Gasteiger partial charge in [-0.3, -0.25) is 0 Å². The van der Waals surface area contributed by atoms with E-state index < -0.39 is 0 Å². The van der Waals surface area contributed by atoms with Gasteiger partial charge in [-0.2, -0.15) is 4.37 Å². The van der Waals surface area contributed by atoms with Gasteiger partial charge in [-0.15, -0.1) is 0 Å². The molecular weight excluding hydrogens is 248 g/mol. The van der Waals surface area contributed by atoms with E-state index in [1.165, 1.54) is 11.5 Å². The van der Waals surface area contributed by atoms with Gasteiger partial charge < -0.3 is 15.2 Å². The number of hydrogen-bond donors (Lipinski definition) is 1. The van der Waals surface area contributed by atoms with Crippen LogP contribution in [0.25, 0.3) is 11.3 Å². The highest BCUT2D eigenvalue weighted by Gasteiger charge is 2.03. The molecule has 0 fully saturated rings. The summed E-state index contributed by atoms with van der Waals surface area (Å²) in [5, 5.41) is 0. The summed E-state index contributed by atoms with van der Waals surface area (Å²) in [7, 11) is 1.66. The number of methoxy groups -OCH3 is 1. The van der Waals surface area contributed by atoms with Crippen LogP contribution in [-0.2, 0) is 11.3 Å². The van der Waals surface area contributed by atoms with Crippen molar-refractivity contribution in [3.05, 3.63) is 35.2 Å². The Morgan fingerprint density at radius 2 is 2.00 bits per heavy atom. The Balaban J connectivity index is 2.02. The summed E-state index contributed by atoms with van der Waals surface area (Å²) in [6.07, 6.45) is 0. The molecule has 0 aliphatic heterocycles. The van der Waals surface area contributed by atoms with Gasteiger partial charge in [0.1, 0.15) is 12.4 Å². The number of aromatic nitrogens is 1. The second kappa shape index (κ2) is 6.49. The molecule has 4 nitrogen and oxygen atoms in total. The lowest BCUT2D eigenvalue weighted by Gasteiger charge is -2.05. The Kier molecular flexibility index (Phi) is 4.69. The van der Waals surface area contributed by atoms with Crippen LogP contribution in [0.15, 0.2) is 30.3 Å². The largest absolute Gasteiger partial charge is 0.491 e. The number of benzene rings is 1. The Morgan fingerprint density at radius 3 is 2.61 bits per heavy atom. The molecule has 1 heterocycles. The summed E-state index contributed by atoms with van der Waals surface area (Å²) >= 11 is 1.44. The average molecular weight is 264 g/mol. The lowest BCUT2D eigenvalue weighted by molar-refractivity contribution is 0.146. The first-order valence-corrected chi connectivity index (χ1v) is 6.48. The summed E-state index contributed by atoms with van der Waals surface area (Å²) < 4.78 is 14.8. The van der Waals surface area contributed by atoms with Crippen molar-refractivity contribution in [2.45, 2.75) is 6.54 Å². The highest BCUT2D eigenvalue weighted by Crippen LogP contribution is 2.24. The first-order valence-electron chi connectivity index (χ1n) is 5.71. The zero-order valence-electron chi connectivity index (χ0n) is 10.3. The third kappa shape index (κ3) is 3.29. The molecule has 96 valence electrons. The molecule has 0 atom stereocenters. The maximum Gasteiger partial charge on any atom is 0.119 e. The predicted molar refractivity (Wildman–Crippen MR) is 72.8 cm³/mol. The Morgan fingerprint density at radius 1 is 1.22 bits per heavy atom. The van der Waals surface area contributed by atoms with Crippen molar-refractivity contribution in [1.29, 1.82) is 0 Å². The van der Waals surface area contributed by atoms with Gasteiger partial charge in [0.05, 0.1) is 12.3 Å². The van der Waals surface area contributed by atoms with Crippen LogP contribution in [0.3, 0.4) is 0 Å². The van der Waals surface area contributed by atoms with E-state index in [2.05, 4.69) is 4.37 Å². The first kappa shape index (κ1) is 13.0. The highest BCUT2D eigenvalue weighted by molar-refractivity contribution is 7.06. The van der Waals surface area contributed by atoms with Crippen LogP contribution in [0.2, 0.25) is 0 Å². The van der Waals surface area contributed by atoms with Crippen LogP contribution < -0.4 is 10.5 Å². The maximum absolute atomic E-state index is 5.57. The zero-order chi connectivity index (χ0) is 12.8. The molecule has 1 aromatic carbocycles. The molecule has 0 bridgehead atoms. The second-order valence-electron chi connectivity index (χ2n) is 3.75. The average Bonchev–Trinajstić information content (AvgIpc) is 2.89. The minimum Gasteiger partial charge on any atom is -0.491 e. The van der Waals surface area contributed by atoms with E-state index >= 15 is 0 Å². The molecule has 0 saturated carbocycles. The van der Waals surface area contributed by atoms with Gasteiger partial charge in [-0.1, -0.05) is 0 Å². The smallest absolute Gasteiger partial charge is 0.119 e. The van der Waals surface area contributed by atoms with Crippen molar-refractivity contribution in [1.82, 2.24) is 4.37 Å². The van der Waals surface area contributed by atoms with Crippen molar-refractivity contribution in [3.63, 3.8) is 0 Å². The molecule has 0 amide bonds. The predicted octanol–water partition coefficient (Wildman–Crippen LogP) is 2.29. The highest BCUT2D eigenvalue weighted by atomic mass is 32.1. The van der Waals surface area contributed by atoms with Gasteiger partial charge in [-0.05, 0) is 41.9 Å². The van der Waals surface area contributed by atoms with Crippen molar-refractivity contribution in [2.75, 3.05) is 20.3 Å². The molecule has 0 aliphatic carbocycles. The molecule has 0 saturated heterocycles. The minimum atomic E-state index is 0.538. The summed E-state index contributed by atoms with van der Waals surface area (Å²) in [4.78, 5) is 1.09. The Bertz CT molecular complexity index is 482. The van der Waals surface area contributed by atoms with E-state index in [1.54, 1.807) is 7.11 Å². The fourth-order valence-corrected chi connectivity index (χ4v) is 2.12. The summed E-state index contributed by atoms with van der Waals surface area (Å²) in [6.45, 7) is 1.69. The first-order chi connectivity index (χ1) is 8.83. The fraction of sp³-hybridized carbons (Fsp3) is 0.308. The fourth-order valence-electron chi connectivity index (χ4n) is 1.51. The molecule has 0 aliphatic rings. The monoisotopic (exact) mass is 264 g/mol. The SMILES string of the molecule is COCCOc1ccc(-c2cc(CN)sn2)cc1. The van der Waals surface area contributed by atoms with Crippen molar-refractivity contribution in [3.8, 4) is 17.0 Å². The third-order valence-corrected chi connectivity index (χ3v) is 3.27. The van der Waals surface area contributed by atoms with Crippen LogP contribution in [0.5, 0.6) is 5.75 Å². The van der Waals surface area contributed by atoms with Crippen LogP contribution in [0.4, 0.5) is 0 Å². The lowest BCUT2D eigenvalue weighted by atomic mass is 10.1. The molecule has 2 aromatic rings. The topological polar surface area (TPSA) is 57.4 Å². The molecule has 0 unspecified atom stereocenters. The van der Waals surface area contributed by atoms with Crippen LogP contribution in [-0.4, -0.2) is 24.7 Å². The number of hydrogen-bond acceptors (Lipinski definition) is 5. The van der Waals surface area contributed by atoms with Crippen LogP contribution in [0.1, 0.15) is 4.88 Å². The van der Waals surface area contributed by atoms with E-state index in [-0.39, 0.29) is 0 Å². The maximum atomic E-state index is 5.57. The third-order valence-electron chi connectivity index (χ3n) is 2.47. The van der Waals surface area contributed by atoms with Gasteiger partial charge in [0.15, 0.2) is 0 Å². The van der Waals surface area contributed by atoms with Crippen molar-refractivity contribution < 1.29 is 9.47 Å². The summed E-state index contributed by atoms with van der Waals surface area (Å²) in [5.74, 6) is 0.838. The number of rotatable bonds is 6. The van der Waals surface area contributed by atoms with Gasteiger partial charge in [0.25, 0.3) is 0 Å². The number of nitrogens with zero attached hydrogens (tertiary/aromatic N) is 1. The molecular formula is C13H16N2O2S. The van der Waals surface area contributed by atoms with Gasteiger partial charge in [0.2, 0.25) is 0 Å². The van der Waals surface area contributed by atoms with Gasteiger partial charge in [-0.25, -0.2) is 0 Å². The standard InChI is InChI=1S/C13H16N2O2S/c1-16-6-7-17-11-4-2-10(3-5-11)13-8-12(9-14)18-15-13/h2-5,8H,6-7,9,14H2,1H3. The molecule has 0 spiro atoms. The quantitative estimate of drug-likeness (QED) is 0.813. The molecule has 5 heteroatoms.